The Hall–Kier alpha value is -2.07. The molecule has 126 valence electrons. The summed E-state index contributed by atoms with van der Waals surface area (Å²) in [5, 5.41) is 4.16. The summed E-state index contributed by atoms with van der Waals surface area (Å²) in [6, 6.07) is 17.7. The fourth-order valence-corrected chi connectivity index (χ4v) is 3.53. The van der Waals surface area contributed by atoms with E-state index in [-0.39, 0.29) is 0 Å². The molecule has 3 nitrogen and oxygen atoms in total. The second-order valence-electron chi connectivity index (χ2n) is 6.72. The molecule has 2 atom stereocenters. The summed E-state index contributed by atoms with van der Waals surface area (Å²) < 4.78 is 5.81. The number of piperidine rings is 1. The van der Waals surface area contributed by atoms with Crippen LogP contribution in [-0.4, -0.2) is 23.1 Å². The van der Waals surface area contributed by atoms with E-state index in [9.17, 15) is 0 Å². The third-order valence-corrected chi connectivity index (χ3v) is 4.60. The van der Waals surface area contributed by atoms with Crippen LogP contribution < -0.4 is 10.1 Å². The number of anilines is 1. The quantitative estimate of drug-likeness (QED) is 0.781. The van der Waals surface area contributed by atoms with E-state index in [1.54, 1.807) is 0 Å². The van der Waals surface area contributed by atoms with Gasteiger partial charge in [0.25, 0.3) is 0 Å². The lowest BCUT2D eigenvalue weighted by Gasteiger charge is -2.36. The number of thiocarbonyl (C=S) groups is 1. The Morgan fingerprint density at radius 3 is 2.17 bits per heavy atom. The first-order chi connectivity index (χ1) is 11.6. The van der Waals surface area contributed by atoms with Crippen LogP contribution >= 0.6 is 12.2 Å². The predicted molar refractivity (Wildman–Crippen MR) is 104 cm³/mol. The fourth-order valence-electron chi connectivity index (χ4n) is 3.26. The van der Waals surface area contributed by atoms with Crippen molar-refractivity contribution >= 4 is 23.0 Å². The Bertz CT molecular complexity index is 662. The minimum Gasteiger partial charge on any atom is -0.457 e. The molecule has 1 aliphatic rings. The first kappa shape index (κ1) is 16.8. The number of likely N-dealkylation sites (tertiary alicyclic amines) is 1. The third-order valence-electron chi connectivity index (χ3n) is 4.24. The van der Waals surface area contributed by atoms with Gasteiger partial charge in [-0.1, -0.05) is 32.0 Å². The maximum atomic E-state index is 5.81. The van der Waals surface area contributed by atoms with Crippen molar-refractivity contribution in [3.63, 3.8) is 0 Å². The zero-order valence-corrected chi connectivity index (χ0v) is 15.1. The average molecular weight is 340 g/mol. The molecule has 0 saturated carbocycles. The van der Waals surface area contributed by atoms with E-state index in [1.807, 2.05) is 54.6 Å². The van der Waals surface area contributed by atoms with Crippen molar-refractivity contribution in [3.8, 4) is 11.5 Å². The molecule has 2 aromatic rings. The Balaban J connectivity index is 1.58. The van der Waals surface area contributed by atoms with E-state index >= 15 is 0 Å². The molecular weight excluding hydrogens is 316 g/mol. The van der Waals surface area contributed by atoms with E-state index in [4.69, 9.17) is 17.0 Å². The third kappa shape index (κ3) is 4.48. The van der Waals surface area contributed by atoms with Crippen LogP contribution in [-0.2, 0) is 0 Å². The SMILES string of the molecule is CC1CC(C)CN(C(=S)Nc2ccc(Oc3ccccc3)cc2)C1. The second kappa shape index (κ2) is 7.67. The highest BCUT2D eigenvalue weighted by Gasteiger charge is 2.23. The Kier molecular flexibility index (Phi) is 5.36. The van der Waals surface area contributed by atoms with E-state index in [1.165, 1.54) is 6.42 Å². The van der Waals surface area contributed by atoms with Crippen molar-refractivity contribution in [2.24, 2.45) is 11.8 Å². The molecule has 2 aromatic carbocycles. The van der Waals surface area contributed by atoms with Crippen LogP contribution in [0.2, 0.25) is 0 Å². The van der Waals surface area contributed by atoms with Gasteiger partial charge in [-0.05, 0) is 66.9 Å². The molecule has 0 bridgehead atoms. The van der Waals surface area contributed by atoms with Crippen LogP contribution in [0.3, 0.4) is 0 Å². The Morgan fingerprint density at radius 1 is 0.958 bits per heavy atom. The van der Waals surface area contributed by atoms with Crippen LogP contribution in [0.25, 0.3) is 0 Å². The van der Waals surface area contributed by atoms with Crippen LogP contribution in [0, 0.1) is 11.8 Å². The zero-order chi connectivity index (χ0) is 16.9. The molecule has 1 fully saturated rings. The summed E-state index contributed by atoms with van der Waals surface area (Å²) >= 11 is 5.58. The van der Waals surface area contributed by atoms with Crippen LogP contribution in [0.15, 0.2) is 54.6 Å². The molecule has 4 heteroatoms. The van der Waals surface area contributed by atoms with Gasteiger partial charge in [0.1, 0.15) is 11.5 Å². The van der Waals surface area contributed by atoms with Crippen molar-refractivity contribution < 1.29 is 4.74 Å². The second-order valence-corrected chi connectivity index (χ2v) is 7.11. The maximum absolute atomic E-state index is 5.81. The average Bonchev–Trinajstić information content (AvgIpc) is 2.57. The summed E-state index contributed by atoms with van der Waals surface area (Å²) in [6.45, 7) is 6.65. The summed E-state index contributed by atoms with van der Waals surface area (Å²) in [7, 11) is 0. The van der Waals surface area contributed by atoms with Gasteiger partial charge in [0.15, 0.2) is 5.11 Å². The molecule has 0 amide bonds. The monoisotopic (exact) mass is 340 g/mol. The molecule has 1 heterocycles. The fraction of sp³-hybridized carbons (Fsp3) is 0.350. The number of hydrogen-bond donors (Lipinski definition) is 1. The van der Waals surface area contributed by atoms with Crippen molar-refractivity contribution in [2.45, 2.75) is 20.3 Å². The standard InChI is InChI=1S/C20H24N2OS/c1-15-12-16(2)14-22(13-15)20(24)21-17-8-10-19(11-9-17)23-18-6-4-3-5-7-18/h3-11,15-16H,12-14H2,1-2H3,(H,21,24). The van der Waals surface area contributed by atoms with E-state index in [0.29, 0.717) is 11.8 Å². The number of rotatable bonds is 3. The number of benzene rings is 2. The minimum absolute atomic E-state index is 0.690. The van der Waals surface area contributed by atoms with E-state index in [0.717, 1.165) is 35.4 Å². The van der Waals surface area contributed by atoms with Gasteiger partial charge in [0.05, 0.1) is 0 Å². The van der Waals surface area contributed by atoms with Crippen molar-refractivity contribution in [2.75, 3.05) is 18.4 Å². The number of para-hydroxylation sites is 1. The minimum atomic E-state index is 0.690. The van der Waals surface area contributed by atoms with E-state index in [2.05, 4.69) is 24.1 Å². The van der Waals surface area contributed by atoms with Gasteiger partial charge in [0.2, 0.25) is 0 Å². The van der Waals surface area contributed by atoms with Crippen molar-refractivity contribution in [1.82, 2.24) is 4.90 Å². The number of ether oxygens (including phenoxy) is 1. The molecule has 0 aliphatic carbocycles. The smallest absolute Gasteiger partial charge is 0.173 e. The molecule has 1 aliphatic heterocycles. The highest BCUT2D eigenvalue weighted by atomic mass is 32.1. The zero-order valence-electron chi connectivity index (χ0n) is 14.2. The summed E-state index contributed by atoms with van der Waals surface area (Å²) in [4.78, 5) is 2.28. The first-order valence-electron chi connectivity index (χ1n) is 8.49. The summed E-state index contributed by atoms with van der Waals surface area (Å²) in [5.74, 6) is 3.04. The van der Waals surface area contributed by atoms with Gasteiger partial charge in [-0.25, -0.2) is 0 Å². The van der Waals surface area contributed by atoms with Crippen molar-refractivity contribution in [1.29, 1.82) is 0 Å². The molecule has 3 rings (SSSR count). The molecule has 2 unspecified atom stereocenters. The molecule has 0 radical (unpaired) electrons. The molecule has 1 N–H and O–H groups in total. The van der Waals surface area contributed by atoms with Crippen LogP contribution in [0.5, 0.6) is 11.5 Å². The summed E-state index contributed by atoms with van der Waals surface area (Å²) in [6.07, 6.45) is 1.28. The van der Waals surface area contributed by atoms with Crippen molar-refractivity contribution in [3.05, 3.63) is 54.6 Å². The maximum Gasteiger partial charge on any atom is 0.173 e. The molecular formula is C20H24N2OS. The lowest BCUT2D eigenvalue weighted by Crippen LogP contribution is -2.44. The highest BCUT2D eigenvalue weighted by molar-refractivity contribution is 7.80. The van der Waals surface area contributed by atoms with E-state index < -0.39 is 0 Å². The largest absolute Gasteiger partial charge is 0.457 e. The van der Waals surface area contributed by atoms with Gasteiger partial charge >= 0.3 is 0 Å². The normalized spacial score (nSPS) is 20.5. The predicted octanol–water partition coefficient (Wildman–Crippen LogP) is 5.15. The lowest BCUT2D eigenvalue weighted by atomic mass is 9.92. The topological polar surface area (TPSA) is 24.5 Å². The molecule has 24 heavy (non-hydrogen) atoms. The van der Waals surface area contributed by atoms with Gasteiger partial charge in [-0.15, -0.1) is 0 Å². The molecule has 1 saturated heterocycles. The molecule has 0 aromatic heterocycles. The highest BCUT2D eigenvalue weighted by Crippen LogP contribution is 2.24. The first-order valence-corrected chi connectivity index (χ1v) is 8.90. The van der Waals surface area contributed by atoms with Gasteiger partial charge in [-0.3, -0.25) is 0 Å². The van der Waals surface area contributed by atoms with Gasteiger partial charge in [0, 0.05) is 18.8 Å². The Labute approximate surface area is 149 Å². The Morgan fingerprint density at radius 2 is 1.54 bits per heavy atom. The number of hydrogen-bond acceptors (Lipinski definition) is 2. The summed E-state index contributed by atoms with van der Waals surface area (Å²) in [5.41, 5.74) is 0.992. The van der Waals surface area contributed by atoms with Crippen LogP contribution in [0.4, 0.5) is 5.69 Å². The van der Waals surface area contributed by atoms with Gasteiger partial charge < -0.3 is 15.0 Å². The molecule has 0 spiro atoms. The lowest BCUT2D eigenvalue weighted by molar-refractivity contribution is 0.216. The van der Waals surface area contributed by atoms with Crippen LogP contribution in [0.1, 0.15) is 20.3 Å². The number of nitrogens with one attached hydrogen (secondary N) is 1. The number of nitrogens with zero attached hydrogens (tertiary/aromatic N) is 1. The van der Waals surface area contributed by atoms with Gasteiger partial charge in [-0.2, -0.15) is 0 Å².